The van der Waals surface area contributed by atoms with Crippen molar-refractivity contribution < 1.29 is 0 Å². The largest absolute Gasteiger partial charge is 0.0847 e. The number of hydrogen-bond acceptors (Lipinski definition) is 0. The Bertz CT molecular complexity index is 96.6. The first-order valence-electron chi connectivity index (χ1n) is 3.10. The molecule has 8 heavy (non-hydrogen) atoms. The highest BCUT2D eigenvalue weighted by Gasteiger charge is 1.72. The van der Waals surface area contributed by atoms with E-state index in [4.69, 9.17) is 0 Å². The second-order valence-electron chi connectivity index (χ2n) is 1.84. The molecule has 0 atom stereocenters. The van der Waals surface area contributed by atoms with Crippen molar-refractivity contribution in [2.45, 2.75) is 27.2 Å². The highest BCUT2D eigenvalue weighted by molar-refractivity contribution is 5.14. The monoisotopic (exact) mass is 110 g/mol. The van der Waals surface area contributed by atoms with Gasteiger partial charge < -0.3 is 0 Å². The Morgan fingerprint density at radius 3 is 2.50 bits per heavy atom. The first-order valence-corrected chi connectivity index (χ1v) is 3.10. The van der Waals surface area contributed by atoms with Gasteiger partial charge in [0.15, 0.2) is 0 Å². The lowest BCUT2D eigenvalue weighted by Gasteiger charge is -1.84. The molecule has 0 saturated heterocycles. The van der Waals surface area contributed by atoms with Crippen molar-refractivity contribution in [1.82, 2.24) is 0 Å². The Morgan fingerprint density at radius 1 is 1.50 bits per heavy atom. The molecule has 0 heteroatoms. The Hall–Kier alpha value is -0.520. The van der Waals surface area contributed by atoms with Crippen LogP contribution in [0.2, 0.25) is 0 Å². The molecule has 0 nitrogen and oxygen atoms in total. The SMILES string of the molecule is C/C=C(C)/C=C\CC. The summed E-state index contributed by atoms with van der Waals surface area (Å²) in [6, 6.07) is 0. The lowest BCUT2D eigenvalue weighted by Crippen LogP contribution is -1.62. The molecule has 0 aliphatic rings. The van der Waals surface area contributed by atoms with Gasteiger partial charge in [-0.15, -0.1) is 0 Å². The molecular formula is C8H14. The van der Waals surface area contributed by atoms with E-state index >= 15 is 0 Å². The van der Waals surface area contributed by atoms with E-state index in [9.17, 15) is 0 Å². The van der Waals surface area contributed by atoms with Gasteiger partial charge in [0.05, 0.1) is 0 Å². The van der Waals surface area contributed by atoms with Crippen molar-refractivity contribution in [2.75, 3.05) is 0 Å². The summed E-state index contributed by atoms with van der Waals surface area (Å²) in [5, 5.41) is 0. The van der Waals surface area contributed by atoms with Crippen LogP contribution in [0.4, 0.5) is 0 Å². The minimum absolute atomic E-state index is 1.13. The Morgan fingerprint density at radius 2 is 2.12 bits per heavy atom. The zero-order valence-electron chi connectivity index (χ0n) is 5.94. The van der Waals surface area contributed by atoms with Crippen molar-refractivity contribution in [3.63, 3.8) is 0 Å². The van der Waals surface area contributed by atoms with Crippen LogP contribution in [-0.2, 0) is 0 Å². The Balaban J connectivity index is 3.53. The van der Waals surface area contributed by atoms with Crippen molar-refractivity contribution in [3.05, 3.63) is 23.8 Å². The van der Waals surface area contributed by atoms with Crippen LogP contribution in [0.3, 0.4) is 0 Å². The van der Waals surface area contributed by atoms with E-state index in [2.05, 4.69) is 39.0 Å². The van der Waals surface area contributed by atoms with Gasteiger partial charge in [0.25, 0.3) is 0 Å². The lowest BCUT2D eigenvalue weighted by molar-refractivity contribution is 1.22. The molecule has 0 bridgehead atoms. The van der Waals surface area contributed by atoms with E-state index in [-0.39, 0.29) is 0 Å². The van der Waals surface area contributed by atoms with Gasteiger partial charge in [-0.3, -0.25) is 0 Å². The second kappa shape index (κ2) is 4.63. The van der Waals surface area contributed by atoms with Gasteiger partial charge in [-0.1, -0.05) is 30.7 Å². The summed E-state index contributed by atoms with van der Waals surface area (Å²) in [4.78, 5) is 0. The topological polar surface area (TPSA) is 0 Å². The fourth-order valence-corrected chi connectivity index (χ4v) is 0.400. The summed E-state index contributed by atoms with van der Waals surface area (Å²) in [6.45, 7) is 6.29. The Labute approximate surface area is 51.9 Å². The van der Waals surface area contributed by atoms with Crippen LogP contribution >= 0.6 is 0 Å². The second-order valence-corrected chi connectivity index (χ2v) is 1.84. The molecule has 0 N–H and O–H groups in total. The van der Waals surface area contributed by atoms with Crippen LogP contribution < -0.4 is 0 Å². The molecule has 0 amide bonds. The van der Waals surface area contributed by atoms with Crippen molar-refractivity contribution in [3.8, 4) is 0 Å². The van der Waals surface area contributed by atoms with E-state index in [1.165, 1.54) is 5.57 Å². The maximum Gasteiger partial charge on any atom is -0.0376 e. The van der Waals surface area contributed by atoms with Gasteiger partial charge in [-0.05, 0) is 20.3 Å². The normalized spacial score (nSPS) is 13.1. The zero-order chi connectivity index (χ0) is 6.41. The number of hydrogen-bond donors (Lipinski definition) is 0. The fourth-order valence-electron chi connectivity index (χ4n) is 0.400. The predicted octanol–water partition coefficient (Wildman–Crippen LogP) is 2.92. The summed E-state index contributed by atoms with van der Waals surface area (Å²) in [7, 11) is 0. The summed E-state index contributed by atoms with van der Waals surface area (Å²) in [6.07, 6.45) is 7.53. The van der Waals surface area contributed by atoms with Gasteiger partial charge in [0.1, 0.15) is 0 Å². The summed E-state index contributed by atoms with van der Waals surface area (Å²) in [5.74, 6) is 0. The van der Waals surface area contributed by atoms with Crippen LogP contribution in [0.1, 0.15) is 27.2 Å². The van der Waals surface area contributed by atoms with Gasteiger partial charge in [0, 0.05) is 0 Å². The predicted molar refractivity (Wildman–Crippen MR) is 38.9 cm³/mol. The van der Waals surface area contributed by atoms with Crippen molar-refractivity contribution >= 4 is 0 Å². The number of allylic oxidation sites excluding steroid dienone is 4. The Kier molecular flexibility index (Phi) is 4.33. The van der Waals surface area contributed by atoms with Gasteiger partial charge in [-0.25, -0.2) is 0 Å². The maximum absolute atomic E-state index is 2.16. The van der Waals surface area contributed by atoms with Crippen LogP contribution in [-0.4, -0.2) is 0 Å². The van der Waals surface area contributed by atoms with E-state index in [0.717, 1.165) is 6.42 Å². The molecule has 0 saturated carbocycles. The number of rotatable bonds is 2. The third kappa shape index (κ3) is 3.66. The molecule has 0 heterocycles. The van der Waals surface area contributed by atoms with Gasteiger partial charge in [0.2, 0.25) is 0 Å². The molecule has 0 aromatic carbocycles. The molecule has 0 aromatic rings. The van der Waals surface area contributed by atoms with E-state index in [0.29, 0.717) is 0 Å². The minimum atomic E-state index is 1.13. The standard InChI is InChI=1S/C8H14/c1-4-6-7-8(3)5-2/h5-7H,4H2,1-3H3/b7-6-,8-5+. The smallest absolute Gasteiger partial charge is 0.0376 e. The van der Waals surface area contributed by atoms with E-state index in [1.807, 2.05) is 0 Å². The molecule has 0 aliphatic carbocycles. The highest BCUT2D eigenvalue weighted by Crippen LogP contribution is 1.93. The van der Waals surface area contributed by atoms with Crippen LogP contribution in [0.5, 0.6) is 0 Å². The molecule has 0 aliphatic heterocycles. The van der Waals surface area contributed by atoms with E-state index < -0.39 is 0 Å². The average molecular weight is 110 g/mol. The average Bonchev–Trinajstić information content (AvgIpc) is 1.83. The molecule has 46 valence electrons. The summed E-state index contributed by atoms with van der Waals surface area (Å²) < 4.78 is 0. The first-order chi connectivity index (χ1) is 3.81. The molecule has 0 unspecified atom stereocenters. The van der Waals surface area contributed by atoms with Crippen LogP contribution in [0.15, 0.2) is 23.8 Å². The molecule has 0 rings (SSSR count). The summed E-state index contributed by atoms with van der Waals surface area (Å²) >= 11 is 0. The third-order valence-electron chi connectivity index (χ3n) is 1.07. The first kappa shape index (κ1) is 7.48. The molecule has 0 fully saturated rings. The fraction of sp³-hybridized carbons (Fsp3) is 0.500. The van der Waals surface area contributed by atoms with Gasteiger partial charge >= 0.3 is 0 Å². The molecular weight excluding hydrogens is 96.1 g/mol. The zero-order valence-corrected chi connectivity index (χ0v) is 5.94. The molecule has 0 radical (unpaired) electrons. The third-order valence-corrected chi connectivity index (χ3v) is 1.07. The van der Waals surface area contributed by atoms with Gasteiger partial charge in [-0.2, -0.15) is 0 Å². The quantitative estimate of drug-likeness (QED) is 0.479. The maximum atomic E-state index is 2.16. The van der Waals surface area contributed by atoms with Crippen LogP contribution in [0.25, 0.3) is 0 Å². The van der Waals surface area contributed by atoms with E-state index in [1.54, 1.807) is 0 Å². The molecule has 0 aromatic heterocycles. The highest BCUT2D eigenvalue weighted by atomic mass is 13.8. The lowest BCUT2D eigenvalue weighted by atomic mass is 10.2. The summed E-state index contributed by atoms with van der Waals surface area (Å²) in [5.41, 5.74) is 1.34. The minimum Gasteiger partial charge on any atom is -0.0847 e. The van der Waals surface area contributed by atoms with Crippen LogP contribution in [0, 0.1) is 0 Å². The van der Waals surface area contributed by atoms with Crippen molar-refractivity contribution in [1.29, 1.82) is 0 Å². The molecule has 0 spiro atoms. The van der Waals surface area contributed by atoms with Crippen molar-refractivity contribution in [2.24, 2.45) is 0 Å².